The van der Waals surface area contributed by atoms with E-state index in [1.54, 1.807) is 12.4 Å². The van der Waals surface area contributed by atoms with Crippen molar-refractivity contribution in [2.24, 2.45) is 0 Å². The number of hydrogen-bond donors (Lipinski definition) is 2. The molecule has 5 heteroatoms. The van der Waals surface area contributed by atoms with Crippen molar-refractivity contribution in [2.45, 2.75) is 0 Å². The van der Waals surface area contributed by atoms with Crippen LogP contribution in [0, 0.1) is 0 Å². The molecule has 0 bridgehead atoms. The molecule has 0 aliphatic carbocycles. The van der Waals surface area contributed by atoms with Gasteiger partial charge in [0.15, 0.2) is 0 Å². The van der Waals surface area contributed by atoms with Gasteiger partial charge in [0.25, 0.3) is 0 Å². The SMILES string of the molecule is c1ccc(-c2cn[nH]c2Oc2[nH]ncc2-c2ccccc2)cc1. The summed E-state index contributed by atoms with van der Waals surface area (Å²) in [5.74, 6) is 1.16. The fourth-order valence-corrected chi connectivity index (χ4v) is 2.45. The van der Waals surface area contributed by atoms with E-state index in [9.17, 15) is 0 Å². The van der Waals surface area contributed by atoms with Gasteiger partial charge >= 0.3 is 0 Å². The fourth-order valence-electron chi connectivity index (χ4n) is 2.45. The lowest BCUT2D eigenvalue weighted by atomic mass is 10.1. The summed E-state index contributed by atoms with van der Waals surface area (Å²) in [5, 5.41) is 14.0. The van der Waals surface area contributed by atoms with Crippen LogP contribution in [-0.4, -0.2) is 20.4 Å². The lowest BCUT2D eigenvalue weighted by Crippen LogP contribution is -1.89. The summed E-state index contributed by atoms with van der Waals surface area (Å²) in [5.41, 5.74) is 3.88. The summed E-state index contributed by atoms with van der Waals surface area (Å²) in [6.45, 7) is 0. The van der Waals surface area contributed by atoms with Gasteiger partial charge in [-0.15, -0.1) is 0 Å². The molecule has 0 aliphatic heterocycles. The third kappa shape index (κ3) is 2.60. The van der Waals surface area contributed by atoms with Crippen LogP contribution in [0.4, 0.5) is 0 Å². The quantitative estimate of drug-likeness (QED) is 0.592. The van der Waals surface area contributed by atoms with Gasteiger partial charge in [-0.05, 0) is 11.1 Å². The minimum absolute atomic E-state index is 0.581. The number of nitrogens with one attached hydrogen (secondary N) is 2. The van der Waals surface area contributed by atoms with Crippen molar-refractivity contribution in [3.8, 4) is 34.0 Å². The van der Waals surface area contributed by atoms with Gasteiger partial charge in [-0.2, -0.15) is 10.2 Å². The maximum Gasteiger partial charge on any atom is 0.225 e. The van der Waals surface area contributed by atoms with Crippen molar-refractivity contribution in [1.29, 1.82) is 0 Å². The summed E-state index contributed by atoms with van der Waals surface area (Å²) in [7, 11) is 0. The lowest BCUT2D eigenvalue weighted by Gasteiger charge is -2.06. The van der Waals surface area contributed by atoms with Crippen LogP contribution in [0.3, 0.4) is 0 Å². The topological polar surface area (TPSA) is 66.6 Å². The normalized spacial score (nSPS) is 10.6. The van der Waals surface area contributed by atoms with E-state index in [2.05, 4.69) is 20.4 Å². The molecule has 2 N–H and O–H groups in total. The molecule has 0 fully saturated rings. The predicted molar refractivity (Wildman–Crippen MR) is 88.1 cm³/mol. The van der Waals surface area contributed by atoms with Crippen LogP contribution in [0.15, 0.2) is 73.1 Å². The van der Waals surface area contributed by atoms with Crippen molar-refractivity contribution in [3.63, 3.8) is 0 Å². The summed E-state index contributed by atoms with van der Waals surface area (Å²) in [6.07, 6.45) is 3.51. The molecule has 2 aromatic carbocycles. The first-order chi connectivity index (χ1) is 11.4. The van der Waals surface area contributed by atoms with E-state index in [-0.39, 0.29) is 0 Å². The van der Waals surface area contributed by atoms with Crippen LogP contribution in [-0.2, 0) is 0 Å². The number of nitrogens with zero attached hydrogens (tertiary/aromatic N) is 2. The monoisotopic (exact) mass is 302 g/mol. The first-order valence-electron chi connectivity index (χ1n) is 7.27. The van der Waals surface area contributed by atoms with Crippen molar-refractivity contribution in [3.05, 3.63) is 73.1 Å². The molecule has 0 aliphatic rings. The zero-order valence-corrected chi connectivity index (χ0v) is 12.2. The second-order valence-corrected chi connectivity index (χ2v) is 5.06. The zero-order chi connectivity index (χ0) is 15.5. The maximum atomic E-state index is 5.99. The molecule has 2 aromatic heterocycles. The molecule has 0 spiro atoms. The van der Waals surface area contributed by atoms with Gasteiger partial charge in [0.05, 0.1) is 23.5 Å². The predicted octanol–water partition coefficient (Wildman–Crippen LogP) is 4.26. The van der Waals surface area contributed by atoms with E-state index in [4.69, 9.17) is 4.74 Å². The van der Waals surface area contributed by atoms with E-state index in [0.29, 0.717) is 11.8 Å². The number of ether oxygens (including phenoxy) is 1. The minimum atomic E-state index is 0.581. The van der Waals surface area contributed by atoms with Crippen molar-refractivity contribution in [2.75, 3.05) is 0 Å². The number of aromatic amines is 2. The highest BCUT2D eigenvalue weighted by Gasteiger charge is 2.14. The van der Waals surface area contributed by atoms with E-state index in [1.807, 2.05) is 60.7 Å². The Morgan fingerprint density at radius 1 is 0.609 bits per heavy atom. The second-order valence-electron chi connectivity index (χ2n) is 5.06. The van der Waals surface area contributed by atoms with Gasteiger partial charge in [-0.25, -0.2) is 10.2 Å². The van der Waals surface area contributed by atoms with Crippen molar-refractivity contribution in [1.82, 2.24) is 20.4 Å². The van der Waals surface area contributed by atoms with E-state index in [0.717, 1.165) is 22.3 Å². The van der Waals surface area contributed by atoms with Crippen LogP contribution in [0.5, 0.6) is 11.8 Å². The van der Waals surface area contributed by atoms with Gasteiger partial charge in [0.1, 0.15) is 0 Å². The molecule has 4 aromatic rings. The summed E-state index contributed by atoms with van der Waals surface area (Å²) >= 11 is 0. The highest BCUT2D eigenvalue weighted by Crippen LogP contribution is 2.34. The number of benzene rings is 2. The zero-order valence-electron chi connectivity index (χ0n) is 12.2. The van der Waals surface area contributed by atoms with Crippen molar-refractivity contribution < 1.29 is 4.74 Å². The Labute approximate surface area is 133 Å². The Balaban J connectivity index is 1.69. The largest absolute Gasteiger partial charge is 0.420 e. The third-order valence-corrected chi connectivity index (χ3v) is 3.58. The number of rotatable bonds is 4. The Morgan fingerprint density at radius 3 is 1.48 bits per heavy atom. The Bertz CT molecular complexity index is 821. The molecule has 5 nitrogen and oxygen atoms in total. The molecule has 4 rings (SSSR count). The van der Waals surface area contributed by atoms with Crippen molar-refractivity contribution >= 4 is 0 Å². The summed E-state index contributed by atoms with van der Waals surface area (Å²) in [6, 6.07) is 20.0. The average molecular weight is 302 g/mol. The number of aromatic nitrogens is 4. The van der Waals surface area contributed by atoms with Gasteiger partial charge in [0, 0.05) is 0 Å². The molecule has 0 radical (unpaired) electrons. The van der Waals surface area contributed by atoms with Gasteiger partial charge in [0.2, 0.25) is 11.8 Å². The second kappa shape index (κ2) is 5.81. The van der Waals surface area contributed by atoms with Gasteiger partial charge in [-0.3, -0.25) is 0 Å². The highest BCUT2D eigenvalue weighted by atomic mass is 16.5. The first-order valence-corrected chi connectivity index (χ1v) is 7.27. The maximum absolute atomic E-state index is 5.99. The Hall–Kier alpha value is -3.34. The molecule has 0 amide bonds. The van der Waals surface area contributed by atoms with Gasteiger partial charge in [-0.1, -0.05) is 60.7 Å². The molecular formula is C18H14N4O. The van der Waals surface area contributed by atoms with Crippen LogP contribution < -0.4 is 4.74 Å². The molecule has 0 saturated carbocycles. The average Bonchev–Trinajstić information content (AvgIpc) is 3.26. The molecule has 23 heavy (non-hydrogen) atoms. The Morgan fingerprint density at radius 2 is 1.04 bits per heavy atom. The summed E-state index contributed by atoms with van der Waals surface area (Å²) in [4.78, 5) is 0. The van der Waals surface area contributed by atoms with Crippen LogP contribution in [0.2, 0.25) is 0 Å². The molecule has 112 valence electrons. The number of hydrogen-bond acceptors (Lipinski definition) is 3. The third-order valence-electron chi connectivity index (χ3n) is 3.58. The van der Waals surface area contributed by atoms with Crippen LogP contribution >= 0.6 is 0 Å². The van der Waals surface area contributed by atoms with Crippen LogP contribution in [0.1, 0.15) is 0 Å². The van der Waals surface area contributed by atoms with E-state index < -0.39 is 0 Å². The molecule has 0 saturated heterocycles. The smallest absolute Gasteiger partial charge is 0.225 e. The van der Waals surface area contributed by atoms with Crippen LogP contribution in [0.25, 0.3) is 22.3 Å². The first kappa shape index (κ1) is 13.3. The fraction of sp³-hybridized carbons (Fsp3) is 0. The number of H-pyrrole nitrogens is 2. The minimum Gasteiger partial charge on any atom is -0.420 e. The van der Waals surface area contributed by atoms with E-state index >= 15 is 0 Å². The molecule has 0 atom stereocenters. The molecule has 0 unspecified atom stereocenters. The van der Waals surface area contributed by atoms with E-state index in [1.165, 1.54) is 0 Å². The molecule has 2 heterocycles. The standard InChI is InChI=1S/C18H14N4O/c1-3-7-13(8-4-1)15-11-19-21-17(15)23-18-16(12-20-22-18)14-9-5-2-6-10-14/h1-12H,(H,19,21)(H,20,22). The highest BCUT2D eigenvalue weighted by molar-refractivity contribution is 5.71. The molecular weight excluding hydrogens is 288 g/mol. The Kier molecular flexibility index (Phi) is 3.37. The lowest BCUT2D eigenvalue weighted by molar-refractivity contribution is 0.445. The van der Waals surface area contributed by atoms with Gasteiger partial charge < -0.3 is 4.74 Å². The summed E-state index contributed by atoms with van der Waals surface area (Å²) < 4.78 is 5.99.